The molecule has 1 rings (SSSR count). The summed E-state index contributed by atoms with van der Waals surface area (Å²) in [6, 6.07) is 6.90. The molecule has 3 nitrogen and oxygen atoms in total. The molecule has 16 heavy (non-hydrogen) atoms. The van der Waals surface area contributed by atoms with Crippen molar-refractivity contribution in [2.75, 3.05) is 6.61 Å². The molecule has 90 valence electrons. The van der Waals surface area contributed by atoms with Crippen LogP contribution in [0.4, 0.5) is 0 Å². The van der Waals surface area contributed by atoms with E-state index in [9.17, 15) is 8.42 Å². The fraction of sp³-hybridized carbons (Fsp3) is 0.455. The highest BCUT2D eigenvalue weighted by Crippen LogP contribution is 2.33. The molecular formula is C11H15ClO3S. The zero-order valence-electron chi connectivity index (χ0n) is 9.53. The molecule has 0 aliphatic heterocycles. The lowest BCUT2D eigenvalue weighted by Gasteiger charge is -2.21. The summed E-state index contributed by atoms with van der Waals surface area (Å²) >= 11 is 0. The molecule has 0 aliphatic carbocycles. The van der Waals surface area contributed by atoms with Gasteiger partial charge in [0.2, 0.25) is 9.05 Å². The average Bonchev–Trinajstić information content (AvgIpc) is 2.17. The van der Waals surface area contributed by atoms with Crippen LogP contribution in [0.1, 0.15) is 26.3 Å². The van der Waals surface area contributed by atoms with Crippen LogP contribution >= 0.6 is 10.7 Å². The standard InChI is InChI=1S/C11H15ClO3S/c1-4-15-10-7-5-9(6-8-10)11(2,3)16(12,13)14/h5-8H,4H2,1-3H3. The number of rotatable bonds is 4. The Morgan fingerprint density at radius 1 is 1.25 bits per heavy atom. The van der Waals surface area contributed by atoms with E-state index in [0.29, 0.717) is 17.9 Å². The number of hydrogen-bond acceptors (Lipinski definition) is 3. The highest BCUT2D eigenvalue weighted by molar-refractivity contribution is 8.14. The van der Waals surface area contributed by atoms with Crippen molar-refractivity contribution in [1.29, 1.82) is 0 Å². The summed E-state index contributed by atoms with van der Waals surface area (Å²) in [5, 5.41) is 0. The van der Waals surface area contributed by atoms with Gasteiger partial charge in [-0.05, 0) is 38.5 Å². The van der Waals surface area contributed by atoms with E-state index in [1.807, 2.05) is 6.92 Å². The first kappa shape index (κ1) is 13.3. The number of hydrogen-bond donors (Lipinski definition) is 0. The number of ether oxygens (including phenoxy) is 1. The molecule has 0 saturated carbocycles. The van der Waals surface area contributed by atoms with Gasteiger partial charge in [0.05, 0.1) is 6.61 Å². The van der Waals surface area contributed by atoms with E-state index in [-0.39, 0.29) is 0 Å². The Morgan fingerprint density at radius 3 is 2.12 bits per heavy atom. The van der Waals surface area contributed by atoms with Crippen molar-refractivity contribution in [3.63, 3.8) is 0 Å². The van der Waals surface area contributed by atoms with Crippen molar-refractivity contribution in [3.05, 3.63) is 29.8 Å². The van der Waals surface area contributed by atoms with Gasteiger partial charge in [-0.25, -0.2) is 8.42 Å². The molecule has 0 amide bonds. The van der Waals surface area contributed by atoms with Crippen LogP contribution < -0.4 is 4.74 Å². The van der Waals surface area contributed by atoms with E-state index in [1.54, 1.807) is 38.1 Å². The van der Waals surface area contributed by atoms with Crippen molar-refractivity contribution in [1.82, 2.24) is 0 Å². The van der Waals surface area contributed by atoms with Gasteiger partial charge in [0, 0.05) is 10.7 Å². The Balaban J connectivity index is 3.07. The van der Waals surface area contributed by atoms with Gasteiger partial charge < -0.3 is 4.74 Å². The largest absolute Gasteiger partial charge is 0.494 e. The Kier molecular flexibility index (Phi) is 3.86. The van der Waals surface area contributed by atoms with E-state index in [4.69, 9.17) is 15.4 Å². The first-order chi connectivity index (χ1) is 7.29. The molecule has 0 spiro atoms. The molecule has 0 atom stereocenters. The molecule has 0 aromatic heterocycles. The molecule has 0 N–H and O–H groups in total. The van der Waals surface area contributed by atoms with E-state index < -0.39 is 13.8 Å². The molecular weight excluding hydrogens is 248 g/mol. The van der Waals surface area contributed by atoms with Crippen LogP contribution in [0.15, 0.2) is 24.3 Å². The Morgan fingerprint density at radius 2 is 1.75 bits per heavy atom. The minimum absolute atomic E-state index is 0.580. The fourth-order valence-electron chi connectivity index (χ4n) is 1.26. The Hall–Kier alpha value is -0.740. The van der Waals surface area contributed by atoms with Crippen LogP contribution in [0.2, 0.25) is 0 Å². The quantitative estimate of drug-likeness (QED) is 0.784. The summed E-state index contributed by atoms with van der Waals surface area (Å²) in [7, 11) is 1.75. The van der Waals surface area contributed by atoms with Crippen molar-refractivity contribution < 1.29 is 13.2 Å². The van der Waals surface area contributed by atoms with Crippen LogP contribution in [0.5, 0.6) is 5.75 Å². The third-order valence-electron chi connectivity index (χ3n) is 2.47. The molecule has 0 aliphatic rings. The lowest BCUT2D eigenvalue weighted by molar-refractivity contribution is 0.340. The summed E-state index contributed by atoms with van der Waals surface area (Å²) in [5.74, 6) is 0.717. The lowest BCUT2D eigenvalue weighted by Crippen LogP contribution is -2.24. The van der Waals surface area contributed by atoms with E-state index in [0.717, 1.165) is 0 Å². The van der Waals surface area contributed by atoms with Gasteiger partial charge in [0.15, 0.2) is 0 Å². The average molecular weight is 263 g/mol. The Labute approximate surface area is 101 Å². The van der Waals surface area contributed by atoms with E-state index >= 15 is 0 Å². The van der Waals surface area contributed by atoms with Crippen LogP contribution in [-0.2, 0) is 13.8 Å². The second-order valence-corrected chi connectivity index (χ2v) is 7.02. The van der Waals surface area contributed by atoms with Gasteiger partial charge >= 0.3 is 0 Å². The molecule has 5 heteroatoms. The van der Waals surface area contributed by atoms with Gasteiger partial charge in [-0.1, -0.05) is 12.1 Å². The number of benzene rings is 1. The summed E-state index contributed by atoms with van der Waals surface area (Å²) < 4.78 is 27.0. The predicted molar refractivity (Wildman–Crippen MR) is 65.4 cm³/mol. The lowest BCUT2D eigenvalue weighted by atomic mass is 10.0. The summed E-state index contributed by atoms with van der Waals surface area (Å²) in [5.41, 5.74) is 0.644. The van der Waals surface area contributed by atoms with Crippen molar-refractivity contribution in [2.24, 2.45) is 0 Å². The predicted octanol–water partition coefficient (Wildman–Crippen LogP) is 2.89. The molecule has 0 fully saturated rings. The van der Waals surface area contributed by atoms with E-state index in [2.05, 4.69) is 0 Å². The smallest absolute Gasteiger partial charge is 0.241 e. The zero-order chi connectivity index (χ0) is 12.4. The zero-order valence-corrected chi connectivity index (χ0v) is 11.1. The second-order valence-electron chi connectivity index (χ2n) is 3.91. The fourth-order valence-corrected chi connectivity index (χ4v) is 1.94. The van der Waals surface area contributed by atoms with Crippen molar-refractivity contribution in [2.45, 2.75) is 25.5 Å². The minimum Gasteiger partial charge on any atom is -0.494 e. The topological polar surface area (TPSA) is 43.4 Å². The van der Waals surface area contributed by atoms with Gasteiger partial charge in [0.1, 0.15) is 10.5 Å². The maximum absolute atomic E-state index is 11.4. The van der Waals surface area contributed by atoms with Crippen LogP contribution in [0.25, 0.3) is 0 Å². The summed E-state index contributed by atoms with van der Waals surface area (Å²) in [6.07, 6.45) is 0. The van der Waals surface area contributed by atoms with Crippen LogP contribution in [0.3, 0.4) is 0 Å². The summed E-state index contributed by atoms with van der Waals surface area (Å²) in [6.45, 7) is 5.62. The van der Waals surface area contributed by atoms with Crippen molar-refractivity contribution >= 4 is 19.7 Å². The maximum atomic E-state index is 11.4. The highest BCUT2D eigenvalue weighted by atomic mass is 35.7. The van der Waals surface area contributed by atoms with Gasteiger partial charge in [-0.15, -0.1) is 0 Å². The van der Waals surface area contributed by atoms with Gasteiger partial charge in [-0.2, -0.15) is 0 Å². The molecule has 0 radical (unpaired) electrons. The third kappa shape index (κ3) is 2.68. The van der Waals surface area contributed by atoms with Gasteiger partial charge in [-0.3, -0.25) is 0 Å². The maximum Gasteiger partial charge on any atom is 0.241 e. The first-order valence-corrected chi connectivity index (χ1v) is 7.27. The molecule has 0 bridgehead atoms. The monoisotopic (exact) mass is 262 g/mol. The Bertz CT molecular complexity index is 449. The summed E-state index contributed by atoms with van der Waals surface area (Å²) in [4.78, 5) is 0. The van der Waals surface area contributed by atoms with Crippen LogP contribution in [-0.4, -0.2) is 15.0 Å². The molecule has 0 saturated heterocycles. The molecule has 0 unspecified atom stereocenters. The molecule has 1 aromatic carbocycles. The van der Waals surface area contributed by atoms with Crippen LogP contribution in [0, 0.1) is 0 Å². The molecule has 0 heterocycles. The number of halogens is 1. The van der Waals surface area contributed by atoms with Crippen molar-refractivity contribution in [3.8, 4) is 5.75 Å². The highest BCUT2D eigenvalue weighted by Gasteiger charge is 2.34. The normalized spacial score (nSPS) is 12.5. The van der Waals surface area contributed by atoms with E-state index in [1.165, 1.54) is 0 Å². The first-order valence-electron chi connectivity index (χ1n) is 4.96. The minimum atomic E-state index is -3.65. The third-order valence-corrected chi connectivity index (χ3v) is 5.08. The SMILES string of the molecule is CCOc1ccc(C(C)(C)S(=O)(=O)Cl)cc1. The second kappa shape index (κ2) is 4.63. The van der Waals surface area contributed by atoms with Gasteiger partial charge in [0.25, 0.3) is 0 Å². The molecule has 1 aromatic rings.